The highest BCUT2D eigenvalue weighted by Crippen LogP contribution is 2.51. The van der Waals surface area contributed by atoms with E-state index in [0.717, 1.165) is 56.4 Å². The molecule has 0 spiro atoms. The third-order valence-corrected chi connectivity index (χ3v) is 15.7. The molecule has 0 amide bonds. The Labute approximate surface area is 461 Å². The summed E-state index contributed by atoms with van der Waals surface area (Å²) in [6.07, 6.45) is 2.07. The lowest BCUT2D eigenvalue weighted by Crippen LogP contribution is -2.25. The molecule has 0 unspecified atom stereocenters. The van der Waals surface area contributed by atoms with Crippen molar-refractivity contribution < 1.29 is 4.74 Å². The molecule has 0 bridgehead atoms. The Morgan fingerprint density at radius 1 is 0.410 bits per heavy atom. The number of aryl methyl sites for hydroxylation is 1. The van der Waals surface area contributed by atoms with Crippen LogP contribution in [0.25, 0.3) is 72.1 Å². The van der Waals surface area contributed by atoms with Crippen LogP contribution >= 0.6 is 0 Å². The number of anilines is 4. The number of rotatable bonds is 9. The molecule has 0 atom stereocenters. The van der Waals surface area contributed by atoms with Gasteiger partial charge < -0.3 is 14.5 Å². The summed E-state index contributed by atoms with van der Waals surface area (Å²) in [7, 11) is 0. The number of ether oxygens (including phenoxy) is 1. The summed E-state index contributed by atoms with van der Waals surface area (Å²) in [5.41, 5.74) is 21.0. The summed E-state index contributed by atoms with van der Waals surface area (Å²) in [6, 6.07) is 77.5. The fraction of sp³-hybridized carbons (Fsp3) is 0.192. The first-order valence-electron chi connectivity index (χ1n) is 27.4. The van der Waals surface area contributed by atoms with E-state index in [1.165, 1.54) is 72.3 Å². The number of pyridine rings is 1. The summed E-state index contributed by atoms with van der Waals surface area (Å²) in [5.74, 6) is 2.39. The van der Waals surface area contributed by atoms with Gasteiger partial charge in [-0.1, -0.05) is 207 Å². The van der Waals surface area contributed by atoms with Crippen molar-refractivity contribution in [3.05, 3.63) is 241 Å². The summed E-state index contributed by atoms with van der Waals surface area (Å²) in [5, 5.41) is 2.35. The minimum absolute atomic E-state index is 0.0184. The third kappa shape index (κ3) is 9.42. The average molecular weight is 1020 g/mol. The van der Waals surface area contributed by atoms with Crippen molar-refractivity contribution in [3.8, 4) is 61.8 Å². The number of para-hydroxylation sites is 3. The smallest absolute Gasteiger partial charge is 0.137 e. The van der Waals surface area contributed by atoms with E-state index in [1.807, 2.05) is 0 Å². The maximum absolute atomic E-state index is 6.98. The minimum atomic E-state index is -0.138. The zero-order valence-electron chi connectivity index (χ0n) is 46.7. The van der Waals surface area contributed by atoms with Gasteiger partial charge in [0.25, 0.3) is 0 Å². The normalized spacial score (nSPS) is 12.9. The number of aromatic nitrogens is 2. The van der Waals surface area contributed by atoms with E-state index < -0.39 is 0 Å². The second kappa shape index (κ2) is 19.4. The van der Waals surface area contributed by atoms with Gasteiger partial charge >= 0.3 is 0 Å². The molecule has 0 radical (unpaired) electrons. The van der Waals surface area contributed by atoms with Crippen LogP contribution in [-0.2, 0) is 16.2 Å². The van der Waals surface area contributed by atoms with Gasteiger partial charge in [0.15, 0.2) is 0 Å². The van der Waals surface area contributed by atoms with Crippen LogP contribution in [0.1, 0.15) is 84.6 Å². The van der Waals surface area contributed by atoms with Crippen LogP contribution < -0.4 is 14.5 Å². The number of benzene rings is 9. The number of nitrogens with zero attached hydrogens (tertiary/aromatic N) is 4. The van der Waals surface area contributed by atoms with Crippen LogP contribution in [0.2, 0.25) is 0 Å². The van der Waals surface area contributed by atoms with Gasteiger partial charge in [-0.2, -0.15) is 0 Å². The number of hydrogen-bond donors (Lipinski definition) is 0. The highest BCUT2D eigenvalue weighted by Gasteiger charge is 2.32. The lowest BCUT2D eigenvalue weighted by atomic mass is 9.82. The first-order chi connectivity index (χ1) is 37.5. The lowest BCUT2D eigenvalue weighted by Gasteiger charge is -2.28. The molecule has 3 heterocycles. The van der Waals surface area contributed by atoms with Crippen molar-refractivity contribution in [1.29, 1.82) is 0 Å². The molecule has 11 aromatic rings. The van der Waals surface area contributed by atoms with E-state index in [9.17, 15) is 0 Å². The fourth-order valence-corrected chi connectivity index (χ4v) is 11.4. The number of fused-ring (bicyclic) bond motifs is 4. The third-order valence-electron chi connectivity index (χ3n) is 15.7. The maximum atomic E-state index is 6.98. The van der Waals surface area contributed by atoms with E-state index in [4.69, 9.17) is 9.72 Å². The topological polar surface area (TPSA) is 33.5 Å². The van der Waals surface area contributed by atoms with Gasteiger partial charge in [-0.25, -0.2) is 4.98 Å². The van der Waals surface area contributed by atoms with Gasteiger partial charge in [0, 0.05) is 51.5 Å². The predicted octanol–water partition coefficient (Wildman–Crippen LogP) is 20.1. The largest absolute Gasteiger partial charge is 0.457 e. The molecule has 5 nitrogen and oxygen atoms in total. The Hall–Kier alpha value is -8.67. The van der Waals surface area contributed by atoms with Crippen LogP contribution in [0.15, 0.2) is 219 Å². The van der Waals surface area contributed by atoms with Gasteiger partial charge in [0.05, 0.1) is 28.1 Å². The van der Waals surface area contributed by atoms with Crippen LogP contribution in [0.5, 0.6) is 11.5 Å². The van der Waals surface area contributed by atoms with Gasteiger partial charge in [-0.15, -0.1) is 0 Å². The molecule has 5 heteroatoms. The Balaban J connectivity index is 0.939. The summed E-state index contributed by atoms with van der Waals surface area (Å²) >= 11 is 0. The van der Waals surface area contributed by atoms with Crippen molar-refractivity contribution in [2.75, 3.05) is 16.5 Å². The second-order valence-electron chi connectivity index (χ2n) is 24.3. The van der Waals surface area contributed by atoms with Crippen LogP contribution in [0.3, 0.4) is 0 Å². The molecule has 0 aliphatic carbocycles. The van der Waals surface area contributed by atoms with Crippen molar-refractivity contribution in [2.24, 2.45) is 0 Å². The Morgan fingerprint density at radius 2 is 1.01 bits per heavy atom. The predicted molar refractivity (Wildman–Crippen MR) is 330 cm³/mol. The van der Waals surface area contributed by atoms with E-state index in [2.05, 4.69) is 302 Å². The van der Waals surface area contributed by atoms with Crippen LogP contribution in [0.4, 0.5) is 22.7 Å². The molecule has 1 aliphatic heterocycles. The molecule has 386 valence electrons. The van der Waals surface area contributed by atoms with E-state index in [1.54, 1.807) is 0 Å². The Morgan fingerprint density at radius 3 is 1.73 bits per heavy atom. The molecular formula is C73H68N4O. The minimum Gasteiger partial charge on any atom is -0.457 e. The quantitative estimate of drug-likeness (QED) is 0.144. The molecule has 0 saturated carbocycles. The summed E-state index contributed by atoms with van der Waals surface area (Å²) < 4.78 is 9.30. The summed E-state index contributed by atoms with van der Waals surface area (Å²) in [4.78, 5) is 10.2. The molecule has 0 saturated heterocycles. The molecule has 0 N–H and O–H groups in total. The zero-order valence-corrected chi connectivity index (χ0v) is 46.7. The first-order valence-corrected chi connectivity index (χ1v) is 27.4. The monoisotopic (exact) mass is 1020 g/mol. The molecular weight excluding hydrogens is 949 g/mol. The molecule has 0 fully saturated rings. The summed E-state index contributed by atoms with van der Waals surface area (Å²) in [6.45, 7) is 23.3. The highest BCUT2D eigenvalue weighted by molar-refractivity contribution is 6.10. The second-order valence-corrected chi connectivity index (χ2v) is 24.3. The van der Waals surface area contributed by atoms with Crippen LogP contribution in [-0.4, -0.2) is 16.2 Å². The SMILES string of the molecule is Cc1ccc(-c2cnc(-n3c4ccc(C(C)(C)C)cc4c4ccc(Oc5cccc(N6CN(c7c(-c8ccc(C(C)(C)C)cc8)cccc7-c7cccc(-c8ccccc8)c7)c7ccccc76)c5)cc43)cc2C(C)(C)C)cc1. The average Bonchev–Trinajstić information content (AvgIpc) is 4.21. The molecule has 1 aliphatic rings. The molecule has 9 aromatic carbocycles. The van der Waals surface area contributed by atoms with Crippen molar-refractivity contribution in [1.82, 2.24) is 9.55 Å². The Kier molecular flexibility index (Phi) is 12.5. The first kappa shape index (κ1) is 50.2. The van der Waals surface area contributed by atoms with E-state index >= 15 is 0 Å². The number of hydrogen-bond acceptors (Lipinski definition) is 4. The van der Waals surface area contributed by atoms with Gasteiger partial charge in [0.2, 0.25) is 0 Å². The highest BCUT2D eigenvalue weighted by atomic mass is 16.5. The Bertz CT molecular complexity index is 4030. The van der Waals surface area contributed by atoms with Crippen molar-refractivity contribution in [2.45, 2.75) is 85.5 Å². The van der Waals surface area contributed by atoms with E-state index in [-0.39, 0.29) is 16.2 Å². The van der Waals surface area contributed by atoms with Gasteiger partial charge in [0.1, 0.15) is 24.0 Å². The lowest BCUT2D eigenvalue weighted by molar-refractivity contribution is 0.483. The van der Waals surface area contributed by atoms with Crippen LogP contribution in [0, 0.1) is 6.92 Å². The van der Waals surface area contributed by atoms with Gasteiger partial charge in [-0.3, -0.25) is 4.57 Å². The van der Waals surface area contributed by atoms with Crippen molar-refractivity contribution >= 4 is 44.6 Å². The standard InChI is InChI=1S/C73H68N4O/c1-48-29-31-51(32-30-48)63-46-74-69(45-64(63)73(8,9)10)77-65-40-37-55(72(5,6)7)42-62(65)61-39-38-58(44-68(61)77)78-57-24-17-23-56(43-57)75-47-76(67-28-15-14-27-66(67)75)70-59(50-33-35-54(36-34-50)71(2,3)4)25-18-26-60(70)53-22-16-21-52(41-53)49-19-12-11-13-20-49/h11-46H,47H2,1-10H3. The van der Waals surface area contributed by atoms with Crippen molar-refractivity contribution in [3.63, 3.8) is 0 Å². The zero-order chi connectivity index (χ0) is 54.1. The maximum Gasteiger partial charge on any atom is 0.137 e. The fourth-order valence-electron chi connectivity index (χ4n) is 11.4. The van der Waals surface area contributed by atoms with Gasteiger partial charge in [-0.05, 0) is 128 Å². The molecule has 78 heavy (non-hydrogen) atoms. The van der Waals surface area contributed by atoms with E-state index in [0.29, 0.717) is 6.67 Å². The molecule has 2 aromatic heterocycles. The molecule has 12 rings (SSSR count).